The maximum Gasteiger partial charge on any atom is 0.314 e. The second-order valence-corrected chi connectivity index (χ2v) is 4.97. The van der Waals surface area contributed by atoms with Gasteiger partial charge in [0.1, 0.15) is 0 Å². The molecule has 1 fully saturated rings. The van der Waals surface area contributed by atoms with Gasteiger partial charge in [-0.25, -0.2) is 0 Å². The molecule has 2 N–H and O–H groups in total. The summed E-state index contributed by atoms with van der Waals surface area (Å²) in [5, 5.41) is 11.1. The normalized spacial score (nSPS) is 21.1. The molecule has 0 aliphatic carbocycles. The van der Waals surface area contributed by atoms with Gasteiger partial charge in [0.05, 0.1) is 16.0 Å². The summed E-state index contributed by atoms with van der Waals surface area (Å²) >= 11 is 0. The molecule has 2 aromatic rings. The molecular weight excluding hydrogens is 264 g/mol. The summed E-state index contributed by atoms with van der Waals surface area (Å²) in [5.74, 6) is 0. The molecule has 8 heteroatoms. The number of nitro groups is 1. The Bertz CT molecular complexity index is 822. The number of aromatic nitrogens is 2. The Labute approximate surface area is 112 Å². The molecule has 2 heterocycles. The summed E-state index contributed by atoms with van der Waals surface area (Å²) in [6, 6.07) is 3.26. The third-order valence-corrected chi connectivity index (χ3v) is 3.48. The first-order chi connectivity index (χ1) is 9.45. The maximum atomic E-state index is 11.3. The standard InChI is InChI=1S/C12H12N4O4/c1-6-4-15(6)5-7-2-8-9(3-10(7)16(19)20)14-12(18)11(17)13-8/h2-3,6H,4-5H2,1H3,(H,13,17)(H,14,18). The number of hydrogen-bond donors (Lipinski definition) is 2. The number of rotatable bonds is 3. The van der Waals surface area contributed by atoms with Gasteiger partial charge in [-0.05, 0) is 13.0 Å². The zero-order valence-corrected chi connectivity index (χ0v) is 10.7. The van der Waals surface area contributed by atoms with Gasteiger partial charge in [-0.15, -0.1) is 0 Å². The van der Waals surface area contributed by atoms with E-state index in [0.717, 1.165) is 6.54 Å². The smallest absolute Gasteiger partial charge is 0.314 e. The highest BCUT2D eigenvalue weighted by molar-refractivity contribution is 5.78. The van der Waals surface area contributed by atoms with Crippen LogP contribution in [0.3, 0.4) is 0 Å². The Kier molecular flexibility index (Phi) is 2.68. The summed E-state index contributed by atoms with van der Waals surface area (Å²) in [6.45, 7) is 3.39. The Balaban J connectivity index is 2.18. The minimum atomic E-state index is -0.820. The maximum absolute atomic E-state index is 11.3. The molecule has 8 nitrogen and oxygen atoms in total. The van der Waals surface area contributed by atoms with E-state index in [0.29, 0.717) is 23.7 Å². The Morgan fingerprint density at radius 3 is 2.35 bits per heavy atom. The molecule has 1 aromatic carbocycles. The molecule has 104 valence electrons. The van der Waals surface area contributed by atoms with Crippen LogP contribution in [0.5, 0.6) is 0 Å². The first-order valence-corrected chi connectivity index (χ1v) is 6.13. The van der Waals surface area contributed by atoms with Gasteiger partial charge in [0.15, 0.2) is 0 Å². The molecule has 0 spiro atoms. The lowest BCUT2D eigenvalue weighted by Crippen LogP contribution is -2.29. The van der Waals surface area contributed by atoms with E-state index in [4.69, 9.17) is 0 Å². The lowest BCUT2D eigenvalue weighted by atomic mass is 10.1. The van der Waals surface area contributed by atoms with Gasteiger partial charge in [-0.1, -0.05) is 0 Å². The lowest BCUT2D eigenvalue weighted by Gasteiger charge is -2.06. The van der Waals surface area contributed by atoms with Gasteiger partial charge in [0.25, 0.3) is 5.69 Å². The van der Waals surface area contributed by atoms with Crippen molar-refractivity contribution >= 4 is 16.7 Å². The predicted octanol–water partition coefficient (Wildman–Crippen LogP) is 0.329. The second-order valence-electron chi connectivity index (χ2n) is 4.97. The molecule has 1 aliphatic heterocycles. The summed E-state index contributed by atoms with van der Waals surface area (Å²) in [7, 11) is 0. The zero-order valence-electron chi connectivity index (χ0n) is 10.7. The Morgan fingerprint density at radius 1 is 1.30 bits per heavy atom. The quantitative estimate of drug-likeness (QED) is 0.363. The molecule has 3 rings (SSSR count). The van der Waals surface area contributed by atoms with Crippen molar-refractivity contribution in [1.29, 1.82) is 0 Å². The molecule has 1 aliphatic rings. The van der Waals surface area contributed by atoms with Crippen molar-refractivity contribution in [2.24, 2.45) is 0 Å². The van der Waals surface area contributed by atoms with Gasteiger partial charge in [-0.3, -0.25) is 24.6 Å². The molecule has 0 radical (unpaired) electrons. The van der Waals surface area contributed by atoms with E-state index in [-0.39, 0.29) is 11.2 Å². The van der Waals surface area contributed by atoms with Crippen LogP contribution in [0, 0.1) is 10.1 Å². The molecular formula is C12H12N4O4. The number of fused-ring (bicyclic) bond motifs is 1. The summed E-state index contributed by atoms with van der Waals surface area (Å²) in [5.41, 5.74) is -0.473. The van der Waals surface area contributed by atoms with Crippen molar-refractivity contribution in [3.8, 4) is 0 Å². The molecule has 2 unspecified atom stereocenters. The molecule has 1 saturated heterocycles. The number of benzene rings is 1. The zero-order chi connectivity index (χ0) is 14.4. The lowest BCUT2D eigenvalue weighted by molar-refractivity contribution is -0.385. The minimum Gasteiger partial charge on any atom is -0.316 e. The average molecular weight is 276 g/mol. The van der Waals surface area contributed by atoms with Gasteiger partial charge < -0.3 is 9.97 Å². The molecule has 0 bridgehead atoms. The first-order valence-electron chi connectivity index (χ1n) is 6.13. The topological polar surface area (TPSA) is 112 Å². The van der Waals surface area contributed by atoms with E-state index in [1.807, 2.05) is 6.92 Å². The van der Waals surface area contributed by atoms with Gasteiger partial charge in [0.2, 0.25) is 0 Å². The third kappa shape index (κ3) is 2.10. The van der Waals surface area contributed by atoms with Crippen molar-refractivity contribution in [2.75, 3.05) is 6.54 Å². The number of aromatic amines is 2. The van der Waals surface area contributed by atoms with Crippen LogP contribution in [0.1, 0.15) is 12.5 Å². The van der Waals surface area contributed by atoms with Crippen molar-refractivity contribution < 1.29 is 4.92 Å². The van der Waals surface area contributed by atoms with E-state index >= 15 is 0 Å². The van der Waals surface area contributed by atoms with Crippen molar-refractivity contribution in [2.45, 2.75) is 19.5 Å². The Morgan fingerprint density at radius 2 is 1.85 bits per heavy atom. The van der Waals surface area contributed by atoms with Crippen LogP contribution in [0.2, 0.25) is 0 Å². The van der Waals surface area contributed by atoms with Crippen LogP contribution in [0.15, 0.2) is 21.7 Å². The number of nitrogens with one attached hydrogen (secondary N) is 2. The largest absolute Gasteiger partial charge is 0.316 e. The van der Waals surface area contributed by atoms with Gasteiger partial charge in [0, 0.05) is 30.8 Å². The molecule has 0 saturated carbocycles. The van der Waals surface area contributed by atoms with E-state index in [2.05, 4.69) is 14.9 Å². The van der Waals surface area contributed by atoms with Crippen molar-refractivity contribution in [3.63, 3.8) is 0 Å². The monoisotopic (exact) mass is 276 g/mol. The fourth-order valence-corrected chi connectivity index (χ4v) is 2.23. The fourth-order valence-electron chi connectivity index (χ4n) is 2.23. The number of H-pyrrole nitrogens is 2. The number of nitrogens with zero attached hydrogens (tertiary/aromatic N) is 2. The molecule has 1 aromatic heterocycles. The average Bonchev–Trinajstić information content (AvgIpc) is 3.06. The van der Waals surface area contributed by atoms with Crippen molar-refractivity contribution in [1.82, 2.24) is 14.9 Å². The van der Waals surface area contributed by atoms with E-state index in [1.54, 1.807) is 6.07 Å². The van der Waals surface area contributed by atoms with Crippen LogP contribution in [-0.4, -0.2) is 32.4 Å². The number of hydrogen-bond acceptors (Lipinski definition) is 5. The van der Waals surface area contributed by atoms with Gasteiger partial charge >= 0.3 is 11.1 Å². The minimum absolute atomic E-state index is 0.0562. The molecule has 2 atom stereocenters. The first kappa shape index (κ1) is 12.5. The van der Waals surface area contributed by atoms with E-state index < -0.39 is 16.0 Å². The van der Waals surface area contributed by atoms with Crippen LogP contribution in [0.4, 0.5) is 5.69 Å². The van der Waals surface area contributed by atoms with Crippen LogP contribution >= 0.6 is 0 Å². The SMILES string of the molecule is CC1CN1Cc1cc2[nH]c(=O)c(=O)[nH]c2cc1[N+](=O)[O-]. The number of nitro benzene ring substituents is 1. The highest BCUT2D eigenvalue weighted by Crippen LogP contribution is 2.28. The summed E-state index contributed by atoms with van der Waals surface area (Å²) in [4.78, 5) is 40.0. The highest BCUT2D eigenvalue weighted by atomic mass is 16.6. The molecule has 20 heavy (non-hydrogen) atoms. The van der Waals surface area contributed by atoms with E-state index in [9.17, 15) is 19.7 Å². The van der Waals surface area contributed by atoms with E-state index in [1.165, 1.54) is 6.07 Å². The predicted molar refractivity (Wildman–Crippen MR) is 71.7 cm³/mol. The fraction of sp³-hybridized carbons (Fsp3) is 0.333. The van der Waals surface area contributed by atoms with Crippen molar-refractivity contribution in [3.05, 3.63) is 48.5 Å². The van der Waals surface area contributed by atoms with Crippen LogP contribution in [-0.2, 0) is 6.54 Å². The third-order valence-electron chi connectivity index (χ3n) is 3.48. The molecule has 0 amide bonds. The second kappa shape index (κ2) is 4.27. The van der Waals surface area contributed by atoms with Crippen LogP contribution < -0.4 is 11.1 Å². The van der Waals surface area contributed by atoms with Gasteiger partial charge in [-0.2, -0.15) is 0 Å². The summed E-state index contributed by atoms with van der Waals surface area (Å²) < 4.78 is 0. The Hall–Kier alpha value is -2.48. The summed E-state index contributed by atoms with van der Waals surface area (Å²) in [6.07, 6.45) is 0. The van der Waals surface area contributed by atoms with Crippen LogP contribution in [0.25, 0.3) is 11.0 Å². The highest BCUT2D eigenvalue weighted by Gasteiger charge is 2.31.